The van der Waals surface area contributed by atoms with Gasteiger partial charge in [0.1, 0.15) is 11.6 Å². The average molecular weight is 564 g/mol. The number of fused-ring (bicyclic) bond motifs is 1. The summed E-state index contributed by atoms with van der Waals surface area (Å²) in [5.74, 6) is -2.41. The number of hydrogen-bond acceptors (Lipinski definition) is 5. The van der Waals surface area contributed by atoms with Crippen LogP contribution < -0.4 is 4.90 Å². The lowest BCUT2D eigenvalue weighted by atomic mass is 9.70. The largest absolute Gasteiger partial charge is 0.395 e. The van der Waals surface area contributed by atoms with Gasteiger partial charge in [-0.2, -0.15) is 0 Å². The van der Waals surface area contributed by atoms with Gasteiger partial charge in [0, 0.05) is 36.9 Å². The van der Waals surface area contributed by atoms with Crippen LogP contribution in [-0.2, 0) is 25.7 Å². The minimum absolute atomic E-state index is 0.0363. The van der Waals surface area contributed by atoms with E-state index in [2.05, 4.69) is 13.2 Å². The van der Waals surface area contributed by atoms with E-state index in [1.165, 1.54) is 4.90 Å². The molecule has 3 amide bonds. The van der Waals surface area contributed by atoms with Gasteiger partial charge in [-0.3, -0.25) is 14.4 Å². The van der Waals surface area contributed by atoms with E-state index in [-0.39, 0.29) is 37.4 Å². The molecular weight excluding hydrogens is 530 g/mol. The molecule has 0 saturated carbocycles. The van der Waals surface area contributed by atoms with E-state index < -0.39 is 29.6 Å². The Morgan fingerprint density at radius 3 is 2.42 bits per heavy atom. The summed E-state index contributed by atoms with van der Waals surface area (Å²) in [6.07, 6.45) is 3.85. The number of anilines is 1. The topological polar surface area (TPSA) is 90.4 Å². The number of carbonyl (C=O) groups is 3. The molecule has 210 valence electrons. The lowest BCUT2D eigenvalue weighted by Crippen LogP contribution is -2.57. The maximum Gasteiger partial charge on any atom is 0.253 e. The Hall–Kier alpha value is -3.46. The van der Waals surface area contributed by atoms with Gasteiger partial charge in [-0.15, -0.1) is 13.2 Å². The molecule has 5 atom stereocenters. The van der Waals surface area contributed by atoms with Crippen LogP contribution >= 0.6 is 11.6 Å². The third-order valence-electron chi connectivity index (χ3n) is 8.25. The van der Waals surface area contributed by atoms with Crippen molar-refractivity contribution in [3.8, 4) is 0 Å². The first-order valence-corrected chi connectivity index (χ1v) is 13.9. The summed E-state index contributed by atoms with van der Waals surface area (Å²) in [5.41, 5.74) is 0.408. The number of halogens is 1. The summed E-state index contributed by atoms with van der Waals surface area (Å²) in [6.45, 7) is 8.17. The van der Waals surface area contributed by atoms with Crippen LogP contribution in [0.1, 0.15) is 18.4 Å². The van der Waals surface area contributed by atoms with Gasteiger partial charge in [-0.25, -0.2) is 0 Å². The lowest BCUT2D eigenvalue weighted by Gasteiger charge is -2.36. The van der Waals surface area contributed by atoms with E-state index in [9.17, 15) is 19.5 Å². The van der Waals surface area contributed by atoms with E-state index >= 15 is 0 Å². The van der Waals surface area contributed by atoms with E-state index in [0.717, 1.165) is 5.56 Å². The standard InChI is InChI=1S/C31H34ClN3O5/c1-3-16-33(20-21-8-6-5-7-9-21)28(37)25-24-14-15-31(40-24)26(25)29(38)35(18-19-36)27(31)30(39)34(17-4-2)23-12-10-22(32)11-13-23/h3-13,24-27,36H,1-2,14-20H2/t24-,25+,26+,27?,31?/m1/s1. The molecule has 0 radical (unpaired) electrons. The Kier molecular flexibility index (Phi) is 8.12. The first-order valence-electron chi connectivity index (χ1n) is 13.6. The molecule has 5 rings (SSSR count). The predicted molar refractivity (Wildman–Crippen MR) is 152 cm³/mol. The van der Waals surface area contributed by atoms with Crippen molar-refractivity contribution in [1.29, 1.82) is 0 Å². The van der Waals surface area contributed by atoms with Gasteiger partial charge in [0.15, 0.2) is 0 Å². The van der Waals surface area contributed by atoms with E-state index in [1.54, 1.807) is 46.2 Å². The lowest BCUT2D eigenvalue weighted by molar-refractivity contribution is -0.145. The van der Waals surface area contributed by atoms with Gasteiger partial charge in [0.05, 0.1) is 24.5 Å². The molecule has 3 aliphatic rings. The first-order chi connectivity index (χ1) is 19.4. The Morgan fingerprint density at radius 2 is 1.77 bits per heavy atom. The van der Waals surface area contributed by atoms with Crippen LogP contribution in [0, 0.1) is 11.8 Å². The number of ether oxygens (including phenoxy) is 1. The Balaban J connectivity index is 1.50. The fourth-order valence-corrected chi connectivity index (χ4v) is 6.81. The molecule has 8 nitrogen and oxygen atoms in total. The van der Waals surface area contributed by atoms with Crippen LogP contribution in [0.4, 0.5) is 5.69 Å². The van der Waals surface area contributed by atoms with Gasteiger partial charge in [-0.1, -0.05) is 54.1 Å². The van der Waals surface area contributed by atoms with Crippen LogP contribution in [0.5, 0.6) is 0 Å². The van der Waals surface area contributed by atoms with Crippen LogP contribution in [0.25, 0.3) is 0 Å². The summed E-state index contributed by atoms with van der Waals surface area (Å²) in [5, 5.41) is 10.4. The maximum absolute atomic E-state index is 14.3. The molecular formula is C31H34ClN3O5. The molecule has 2 aromatic rings. The number of aliphatic hydroxyl groups excluding tert-OH is 1. The molecule has 1 N–H and O–H groups in total. The van der Waals surface area contributed by atoms with Crippen molar-refractivity contribution in [3.05, 3.63) is 90.5 Å². The number of nitrogens with zero attached hydrogens (tertiary/aromatic N) is 3. The number of hydrogen-bond donors (Lipinski definition) is 1. The molecule has 0 aromatic heterocycles. The van der Waals surface area contributed by atoms with E-state index in [0.29, 0.717) is 36.6 Å². The third kappa shape index (κ3) is 4.74. The van der Waals surface area contributed by atoms with Gasteiger partial charge in [-0.05, 0) is 42.7 Å². The number of carbonyl (C=O) groups excluding carboxylic acids is 3. The summed E-state index contributed by atoms with van der Waals surface area (Å²) in [4.78, 5) is 47.1. The highest BCUT2D eigenvalue weighted by atomic mass is 35.5. The molecule has 2 unspecified atom stereocenters. The van der Waals surface area contributed by atoms with Crippen molar-refractivity contribution in [2.75, 3.05) is 31.1 Å². The molecule has 3 saturated heterocycles. The highest BCUT2D eigenvalue weighted by Crippen LogP contribution is 2.59. The molecule has 40 heavy (non-hydrogen) atoms. The van der Waals surface area contributed by atoms with Gasteiger partial charge in [0.2, 0.25) is 11.8 Å². The monoisotopic (exact) mass is 563 g/mol. The number of amides is 3. The molecule has 9 heteroatoms. The minimum atomic E-state index is -1.16. The number of rotatable bonds is 11. The molecule has 3 fully saturated rings. The van der Waals surface area contributed by atoms with E-state index in [1.807, 2.05) is 30.3 Å². The Bertz CT molecular complexity index is 1290. The highest BCUT2D eigenvalue weighted by Gasteiger charge is 2.74. The van der Waals surface area contributed by atoms with Crippen molar-refractivity contribution >= 4 is 35.0 Å². The van der Waals surface area contributed by atoms with Crippen molar-refractivity contribution < 1.29 is 24.2 Å². The molecule has 1 spiro atoms. The van der Waals surface area contributed by atoms with Gasteiger partial charge >= 0.3 is 0 Å². The highest BCUT2D eigenvalue weighted by molar-refractivity contribution is 6.30. The summed E-state index contributed by atoms with van der Waals surface area (Å²) in [7, 11) is 0. The second-order valence-corrected chi connectivity index (χ2v) is 11.0. The number of aliphatic hydroxyl groups is 1. The zero-order valence-corrected chi connectivity index (χ0v) is 23.1. The van der Waals surface area contributed by atoms with E-state index in [4.69, 9.17) is 16.3 Å². The quantitative estimate of drug-likeness (QED) is 0.423. The predicted octanol–water partition coefficient (Wildman–Crippen LogP) is 3.44. The van der Waals surface area contributed by atoms with Crippen molar-refractivity contribution in [1.82, 2.24) is 9.80 Å². The zero-order valence-electron chi connectivity index (χ0n) is 22.3. The molecule has 3 heterocycles. The van der Waals surface area contributed by atoms with Gasteiger partial charge < -0.3 is 24.5 Å². The second kappa shape index (κ2) is 11.6. The summed E-state index contributed by atoms with van der Waals surface area (Å²) < 4.78 is 6.55. The zero-order chi connectivity index (χ0) is 28.4. The van der Waals surface area contributed by atoms with Crippen molar-refractivity contribution in [2.24, 2.45) is 11.8 Å². The number of benzene rings is 2. The normalized spacial score (nSPS) is 26.4. The maximum atomic E-state index is 14.3. The Morgan fingerprint density at radius 1 is 1.07 bits per heavy atom. The SMILES string of the molecule is C=CCN(Cc1ccccc1)C(=O)[C@@H]1[C@H]2C(=O)N(CCO)C(C(=O)N(CC=C)c3ccc(Cl)cc3)C23CC[C@H]1O3. The molecule has 3 aliphatic heterocycles. The molecule has 0 aliphatic carbocycles. The number of likely N-dealkylation sites (tertiary alicyclic amines) is 1. The van der Waals surface area contributed by atoms with Gasteiger partial charge in [0.25, 0.3) is 5.91 Å². The average Bonchev–Trinajstić information content (AvgIpc) is 3.60. The summed E-state index contributed by atoms with van der Waals surface area (Å²) >= 11 is 6.09. The van der Waals surface area contributed by atoms with Crippen LogP contribution in [0.2, 0.25) is 5.02 Å². The smallest absolute Gasteiger partial charge is 0.253 e. The van der Waals surface area contributed by atoms with Crippen LogP contribution in [0.15, 0.2) is 79.9 Å². The minimum Gasteiger partial charge on any atom is -0.395 e. The van der Waals surface area contributed by atoms with Crippen molar-refractivity contribution in [2.45, 2.75) is 37.1 Å². The fourth-order valence-electron chi connectivity index (χ4n) is 6.69. The third-order valence-corrected chi connectivity index (χ3v) is 8.51. The first kappa shape index (κ1) is 28.1. The van der Waals surface area contributed by atoms with Crippen LogP contribution in [-0.4, -0.2) is 76.6 Å². The fraction of sp³-hybridized carbons (Fsp3) is 0.387. The van der Waals surface area contributed by atoms with Crippen molar-refractivity contribution in [3.63, 3.8) is 0 Å². The summed E-state index contributed by atoms with van der Waals surface area (Å²) in [6, 6.07) is 15.5. The molecule has 2 bridgehead atoms. The number of β-amino-alcohol motifs (C(OH)–C–C–N with tert-alkyl or cyclic N) is 1. The second-order valence-electron chi connectivity index (χ2n) is 10.5. The molecule has 2 aromatic carbocycles. The van der Waals surface area contributed by atoms with Crippen LogP contribution in [0.3, 0.4) is 0 Å². The Labute approximate surface area is 239 Å².